The second-order valence-electron chi connectivity index (χ2n) is 3.86. The molecule has 88 valence electrons. The summed E-state index contributed by atoms with van der Waals surface area (Å²) in [7, 11) is 0. The van der Waals surface area contributed by atoms with Crippen LogP contribution in [0.1, 0.15) is 12.0 Å². The molecule has 0 aromatic heterocycles. The summed E-state index contributed by atoms with van der Waals surface area (Å²) in [5.74, 6) is -0.453. The van der Waals surface area contributed by atoms with Gasteiger partial charge in [-0.25, -0.2) is 4.79 Å². The van der Waals surface area contributed by atoms with Crippen molar-refractivity contribution in [3.63, 3.8) is 0 Å². The Labute approximate surface area is 100 Å². The van der Waals surface area contributed by atoms with Gasteiger partial charge in [-0.1, -0.05) is 42.5 Å². The van der Waals surface area contributed by atoms with Crippen LogP contribution < -0.4 is 0 Å². The van der Waals surface area contributed by atoms with Crippen LogP contribution in [0.5, 0.6) is 0 Å². The number of aliphatic hydroxyl groups is 1. The Morgan fingerprint density at radius 3 is 2.82 bits per heavy atom. The van der Waals surface area contributed by atoms with Crippen molar-refractivity contribution < 1.29 is 14.6 Å². The number of rotatable bonds is 3. The number of carbonyl (C=O) groups is 1. The van der Waals surface area contributed by atoms with E-state index in [1.165, 1.54) is 0 Å². The summed E-state index contributed by atoms with van der Waals surface area (Å²) >= 11 is 0. The zero-order chi connectivity index (χ0) is 12.1. The van der Waals surface area contributed by atoms with E-state index >= 15 is 0 Å². The van der Waals surface area contributed by atoms with Gasteiger partial charge in [-0.05, 0) is 18.1 Å². The van der Waals surface area contributed by atoms with E-state index in [0.29, 0.717) is 12.0 Å². The van der Waals surface area contributed by atoms with Crippen molar-refractivity contribution in [3.8, 4) is 0 Å². The van der Waals surface area contributed by atoms with Gasteiger partial charge in [0.1, 0.15) is 6.61 Å². The summed E-state index contributed by atoms with van der Waals surface area (Å²) in [5, 5.41) is 9.62. The third-order valence-electron chi connectivity index (χ3n) is 2.58. The Balaban J connectivity index is 1.94. The molecule has 1 atom stereocenters. The van der Waals surface area contributed by atoms with Gasteiger partial charge >= 0.3 is 5.97 Å². The van der Waals surface area contributed by atoms with E-state index in [4.69, 9.17) is 4.74 Å². The van der Waals surface area contributed by atoms with Crippen LogP contribution in [0.2, 0.25) is 0 Å². The molecule has 1 aromatic rings. The summed E-state index contributed by atoms with van der Waals surface area (Å²) in [6, 6.07) is 9.46. The summed E-state index contributed by atoms with van der Waals surface area (Å²) < 4.78 is 5.14. The molecule has 1 aromatic carbocycles. The molecule has 0 saturated heterocycles. The van der Waals surface area contributed by atoms with Crippen LogP contribution in [-0.4, -0.2) is 17.2 Å². The SMILES string of the molecule is O=C(OCc1ccccc1)C1=CC=CCC1O. The maximum absolute atomic E-state index is 11.7. The monoisotopic (exact) mass is 230 g/mol. The van der Waals surface area contributed by atoms with E-state index in [1.54, 1.807) is 12.2 Å². The van der Waals surface area contributed by atoms with Crippen molar-refractivity contribution in [2.24, 2.45) is 0 Å². The first-order chi connectivity index (χ1) is 8.27. The van der Waals surface area contributed by atoms with Gasteiger partial charge in [0.05, 0.1) is 11.7 Å². The van der Waals surface area contributed by atoms with Gasteiger partial charge in [-0.2, -0.15) is 0 Å². The third-order valence-corrected chi connectivity index (χ3v) is 2.58. The minimum Gasteiger partial charge on any atom is -0.457 e. The number of carbonyl (C=O) groups excluding carboxylic acids is 1. The predicted octanol–water partition coefficient (Wildman–Crippen LogP) is 1.98. The summed E-state index contributed by atoms with van der Waals surface area (Å²) in [6.07, 6.45) is 4.89. The van der Waals surface area contributed by atoms with Crippen LogP contribution in [0.4, 0.5) is 0 Å². The molecule has 0 radical (unpaired) electrons. The second kappa shape index (κ2) is 5.46. The first kappa shape index (κ1) is 11.6. The fourth-order valence-corrected chi connectivity index (χ4v) is 1.63. The molecule has 3 nitrogen and oxygen atoms in total. The Morgan fingerprint density at radius 2 is 2.12 bits per heavy atom. The summed E-state index contributed by atoms with van der Waals surface area (Å²) in [4.78, 5) is 11.7. The minimum atomic E-state index is -0.747. The van der Waals surface area contributed by atoms with Crippen molar-refractivity contribution in [2.75, 3.05) is 0 Å². The molecule has 0 spiro atoms. The van der Waals surface area contributed by atoms with E-state index in [2.05, 4.69) is 0 Å². The molecule has 1 unspecified atom stereocenters. The lowest BCUT2D eigenvalue weighted by molar-refractivity contribution is -0.141. The van der Waals surface area contributed by atoms with E-state index in [1.807, 2.05) is 36.4 Å². The van der Waals surface area contributed by atoms with Crippen molar-refractivity contribution in [1.29, 1.82) is 0 Å². The van der Waals surface area contributed by atoms with Crippen LogP contribution in [-0.2, 0) is 16.1 Å². The molecule has 0 amide bonds. The molecule has 3 heteroatoms. The van der Waals surface area contributed by atoms with Gasteiger partial charge in [0.2, 0.25) is 0 Å². The Hall–Kier alpha value is -1.87. The highest BCUT2D eigenvalue weighted by Gasteiger charge is 2.20. The standard InChI is InChI=1S/C14H14O3/c15-13-9-5-4-8-12(13)14(16)17-10-11-6-2-1-3-7-11/h1-8,13,15H,9-10H2. The smallest absolute Gasteiger partial charge is 0.337 e. The lowest BCUT2D eigenvalue weighted by atomic mass is 10.0. The first-order valence-electron chi connectivity index (χ1n) is 5.53. The highest BCUT2D eigenvalue weighted by atomic mass is 16.5. The molecule has 0 heterocycles. The lowest BCUT2D eigenvalue weighted by Gasteiger charge is -2.14. The molecule has 1 aliphatic rings. The van der Waals surface area contributed by atoms with E-state index in [0.717, 1.165) is 5.56 Å². The number of aliphatic hydroxyl groups excluding tert-OH is 1. The number of esters is 1. The maximum Gasteiger partial charge on any atom is 0.337 e. The second-order valence-corrected chi connectivity index (χ2v) is 3.86. The quantitative estimate of drug-likeness (QED) is 0.807. The number of hydrogen-bond acceptors (Lipinski definition) is 3. The van der Waals surface area contributed by atoms with Gasteiger partial charge in [0.15, 0.2) is 0 Å². The van der Waals surface area contributed by atoms with Gasteiger partial charge in [-0.15, -0.1) is 0 Å². The van der Waals surface area contributed by atoms with E-state index in [-0.39, 0.29) is 6.61 Å². The minimum absolute atomic E-state index is 0.230. The van der Waals surface area contributed by atoms with Crippen molar-refractivity contribution in [3.05, 3.63) is 59.7 Å². The molecule has 1 N–H and O–H groups in total. The maximum atomic E-state index is 11.7. The number of hydrogen-bond donors (Lipinski definition) is 1. The van der Waals surface area contributed by atoms with Crippen LogP contribution in [0.15, 0.2) is 54.1 Å². The fourth-order valence-electron chi connectivity index (χ4n) is 1.63. The molecule has 0 saturated carbocycles. The highest BCUT2D eigenvalue weighted by molar-refractivity contribution is 5.90. The molecule has 0 fully saturated rings. The average molecular weight is 230 g/mol. The average Bonchev–Trinajstić information content (AvgIpc) is 2.38. The highest BCUT2D eigenvalue weighted by Crippen LogP contribution is 2.15. The number of benzene rings is 1. The Bertz CT molecular complexity index is 446. The molecule has 0 aliphatic heterocycles. The first-order valence-corrected chi connectivity index (χ1v) is 5.53. The van der Waals surface area contributed by atoms with Gasteiger partial charge in [0, 0.05) is 0 Å². The number of allylic oxidation sites excluding steroid dienone is 2. The molecule has 2 rings (SSSR count). The van der Waals surface area contributed by atoms with Gasteiger partial charge in [-0.3, -0.25) is 0 Å². The normalized spacial score (nSPS) is 18.6. The van der Waals surface area contributed by atoms with Crippen LogP contribution in [0, 0.1) is 0 Å². The number of ether oxygens (including phenoxy) is 1. The molecule has 1 aliphatic carbocycles. The van der Waals surface area contributed by atoms with Crippen LogP contribution in [0.25, 0.3) is 0 Å². The topological polar surface area (TPSA) is 46.5 Å². The van der Waals surface area contributed by atoms with Crippen molar-refractivity contribution in [2.45, 2.75) is 19.1 Å². The third kappa shape index (κ3) is 3.04. The zero-order valence-electron chi connectivity index (χ0n) is 9.37. The largest absolute Gasteiger partial charge is 0.457 e. The van der Waals surface area contributed by atoms with E-state index < -0.39 is 12.1 Å². The molecular formula is C14H14O3. The van der Waals surface area contributed by atoms with E-state index in [9.17, 15) is 9.90 Å². The zero-order valence-corrected chi connectivity index (χ0v) is 9.37. The lowest BCUT2D eigenvalue weighted by Crippen LogP contribution is -2.21. The molecule has 0 bridgehead atoms. The Morgan fingerprint density at radius 1 is 1.35 bits per heavy atom. The Kier molecular flexibility index (Phi) is 3.73. The van der Waals surface area contributed by atoms with Crippen molar-refractivity contribution >= 4 is 5.97 Å². The predicted molar refractivity (Wildman–Crippen MR) is 64.1 cm³/mol. The summed E-state index contributed by atoms with van der Waals surface area (Å²) in [5.41, 5.74) is 1.26. The molecule has 17 heavy (non-hydrogen) atoms. The molecular weight excluding hydrogens is 216 g/mol. The van der Waals surface area contributed by atoms with Gasteiger partial charge in [0.25, 0.3) is 0 Å². The van der Waals surface area contributed by atoms with Crippen molar-refractivity contribution in [1.82, 2.24) is 0 Å². The summed E-state index contributed by atoms with van der Waals surface area (Å²) in [6.45, 7) is 0.230. The fraction of sp³-hybridized carbons (Fsp3) is 0.214. The van der Waals surface area contributed by atoms with Crippen LogP contribution in [0.3, 0.4) is 0 Å². The van der Waals surface area contributed by atoms with Gasteiger partial charge < -0.3 is 9.84 Å². The van der Waals surface area contributed by atoms with Crippen LogP contribution >= 0.6 is 0 Å².